The minimum atomic E-state index is -0.795. The van der Waals surface area contributed by atoms with Gasteiger partial charge in [-0.2, -0.15) is 11.3 Å². The number of nitrogens with zero attached hydrogens (tertiary/aromatic N) is 1. The smallest absolute Gasteiger partial charge is 0.313 e. The molecular formula is C28H28N4O5S. The van der Waals surface area contributed by atoms with E-state index in [1.165, 1.54) is 13.5 Å². The molecule has 0 aliphatic heterocycles. The first-order valence-corrected chi connectivity index (χ1v) is 12.8. The Labute approximate surface area is 224 Å². The summed E-state index contributed by atoms with van der Waals surface area (Å²) in [4.78, 5) is 41.3. The molecule has 3 amide bonds. The summed E-state index contributed by atoms with van der Waals surface area (Å²) in [5.74, 6) is -0.652. The number of benzene rings is 2. The number of ether oxygens (including phenoxy) is 1. The first-order chi connectivity index (χ1) is 18.2. The summed E-state index contributed by atoms with van der Waals surface area (Å²) in [7, 11) is 1.50. The summed E-state index contributed by atoms with van der Waals surface area (Å²) >= 11 is 1.56. The van der Waals surface area contributed by atoms with Gasteiger partial charge < -0.3 is 25.1 Å². The second-order valence-corrected chi connectivity index (χ2v) is 10.1. The maximum atomic E-state index is 12.6. The van der Waals surface area contributed by atoms with E-state index in [2.05, 4.69) is 20.9 Å². The molecule has 38 heavy (non-hydrogen) atoms. The molecule has 0 fully saturated rings. The van der Waals surface area contributed by atoms with Crippen molar-refractivity contribution in [3.05, 3.63) is 83.0 Å². The number of methoxy groups -OCH3 is 1. The molecule has 0 aliphatic carbocycles. The van der Waals surface area contributed by atoms with E-state index in [-0.39, 0.29) is 5.91 Å². The zero-order valence-electron chi connectivity index (χ0n) is 21.2. The average Bonchev–Trinajstić information content (AvgIpc) is 3.59. The Morgan fingerprint density at radius 3 is 2.39 bits per heavy atom. The fraction of sp³-hybridized carbons (Fsp3) is 0.214. The number of thiophene rings is 1. The highest BCUT2D eigenvalue weighted by atomic mass is 32.1. The maximum Gasteiger partial charge on any atom is 0.313 e. The summed E-state index contributed by atoms with van der Waals surface area (Å²) in [6.07, 6.45) is 3.68. The van der Waals surface area contributed by atoms with Gasteiger partial charge in [0.2, 0.25) is 5.91 Å². The minimum absolute atomic E-state index is 0.0833. The fourth-order valence-corrected chi connectivity index (χ4v) is 4.59. The van der Waals surface area contributed by atoms with Gasteiger partial charge in [0.1, 0.15) is 5.75 Å². The molecule has 0 saturated heterocycles. The molecule has 10 heteroatoms. The van der Waals surface area contributed by atoms with E-state index in [9.17, 15) is 14.4 Å². The van der Waals surface area contributed by atoms with Crippen LogP contribution < -0.4 is 20.7 Å². The molecule has 196 valence electrons. The van der Waals surface area contributed by atoms with Gasteiger partial charge in [-0.3, -0.25) is 14.4 Å². The second kappa shape index (κ2) is 11.7. The van der Waals surface area contributed by atoms with Gasteiger partial charge in [-0.15, -0.1) is 0 Å². The molecule has 3 N–H and O–H groups in total. The minimum Gasteiger partial charge on any atom is -0.496 e. The van der Waals surface area contributed by atoms with Crippen molar-refractivity contribution in [1.82, 2.24) is 10.3 Å². The summed E-state index contributed by atoms with van der Waals surface area (Å²) in [5, 5.41) is 12.2. The van der Waals surface area contributed by atoms with E-state index in [1.807, 2.05) is 54.9 Å². The molecule has 2 aromatic carbocycles. The second-order valence-electron chi connectivity index (χ2n) is 9.30. The number of rotatable bonds is 9. The van der Waals surface area contributed by atoms with Crippen LogP contribution >= 0.6 is 11.3 Å². The van der Waals surface area contributed by atoms with Crippen LogP contribution in [0.1, 0.15) is 25.0 Å². The number of carbonyl (C=O) groups excluding carboxylic acids is 3. The van der Waals surface area contributed by atoms with Crippen molar-refractivity contribution in [2.45, 2.75) is 32.2 Å². The zero-order valence-corrected chi connectivity index (χ0v) is 22.1. The average molecular weight is 533 g/mol. The number of amides is 3. The van der Waals surface area contributed by atoms with Gasteiger partial charge in [0.05, 0.1) is 25.3 Å². The van der Waals surface area contributed by atoms with Crippen molar-refractivity contribution in [2.75, 3.05) is 17.7 Å². The van der Waals surface area contributed by atoms with Crippen molar-refractivity contribution in [3.8, 4) is 17.1 Å². The van der Waals surface area contributed by atoms with Crippen LogP contribution in [0.2, 0.25) is 0 Å². The van der Waals surface area contributed by atoms with E-state index in [4.69, 9.17) is 9.15 Å². The summed E-state index contributed by atoms with van der Waals surface area (Å²) in [5.41, 5.74) is 2.99. The van der Waals surface area contributed by atoms with Gasteiger partial charge in [0.15, 0.2) is 12.2 Å². The summed E-state index contributed by atoms with van der Waals surface area (Å²) < 4.78 is 10.7. The number of oxazole rings is 1. The Kier molecular flexibility index (Phi) is 8.22. The first-order valence-electron chi connectivity index (χ1n) is 11.8. The van der Waals surface area contributed by atoms with Crippen LogP contribution in [0.25, 0.3) is 11.3 Å². The molecule has 0 unspecified atom stereocenters. The Morgan fingerprint density at radius 2 is 1.74 bits per heavy atom. The first kappa shape index (κ1) is 26.6. The lowest BCUT2D eigenvalue weighted by Crippen LogP contribution is -2.49. The highest BCUT2D eigenvalue weighted by molar-refractivity contribution is 7.08. The largest absolute Gasteiger partial charge is 0.496 e. The third kappa shape index (κ3) is 7.07. The molecule has 0 spiro atoms. The predicted octanol–water partition coefficient (Wildman–Crippen LogP) is 4.67. The highest BCUT2D eigenvalue weighted by Crippen LogP contribution is 2.32. The Hall–Kier alpha value is -4.44. The lowest BCUT2D eigenvalue weighted by Gasteiger charge is -2.26. The van der Waals surface area contributed by atoms with E-state index in [0.717, 1.165) is 11.1 Å². The van der Waals surface area contributed by atoms with Crippen molar-refractivity contribution in [3.63, 3.8) is 0 Å². The van der Waals surface area contributed by atoms with E-state index in [0.29, 0.717) is 41.3 Å². The van der Waals surface area contributed by atoms with Gasteiger partial charge in [-0.1, -0.05) is 12.1 Å². The van der Waals surface area contributed by atoms with Crippen molar-refractivity contribution < 1.29 is 23.5 Å². The predicted molar refractivity (Wildman–Crippen MR) is 146 cm³/mol. The standard InChI is InChI=1S/C28H28N4O5S/c1-28(2,14-18-4-6-20(7-5-18)30-25(33)12-19-10-11-38-16-19)32-27(35)26(34)31-21-8-9-22(23(13-21)36-3)24-15-29-17-37-24/h4-11,13,15-17H,12,14H2,1-3H3,(H,30,33)(H,31,34)(H,32,35). The highest BCUT2D eigenvalue weighted by Gasteiger charge is 2.25. The van der Waals surface area contributed by atoms with Gasteiger partial charge in [-0.05, 0) is 72.5 Å². The van der Waals surface area contributed by atoms with Crippen LogP contribution in [0.4, 0.5) is 11.4 Å². The fourth-order valence-electron chi connectivity index (χ4n) is 3.92. The molecule has 0 radical (unpaired) electrons. The Bertz CT molecular complexity index is 1400. The molecule has 4 rings (SSSR count). The van der Waals surface area contributed by atoms with Crippen LogP contribution in [0.5, 0.6) is 5.75 Å². The van der Waals surface area contributed by atoms with Gasteiger partial charge >= 0.3 is 11.8 Å². The van der Waals surface area contributed by atoms with Crippen LogP contribution in [-0.2, 0) is 27.2 Å². The van der Waals surface area contributed by atoms with Crippen molar-refractivity contribution in [1.29, 1.82) is 0 Å². The molecule has 0 bridgehead atoms. The lowest BCUT2D eigenvalue weighted by atomic mass is 9.94. The molecule has 4 aromatic rings. The Balaban J connectivity index is 1.31. The van der Waals surface area contributed by atoms with Gasteiger partial charge in [0, 0.05) is 23.0 Å². The summed E-state index contributed by atoms with van der Waals surface area (Å²) in [6, 6.07) is 14.3. The van der Waals surface area contributed by atoms with E-state index >= 15 is 0 Å². The molecule has 0 aliphatic rings. The number of anilines is 2. The number of carbonyl (C=O) groups is 3. The van der Waals surface area contributed by atoms with Gasteiger partial charge in [0.25, 0.3) is 0 Å². The molecule has 2 heterocycles. The van der Waals surface area contributed by atoms with Crippen LogP contribution in [0.3, 0.4) is 0 Å². The molecule has 0 atom stereocenters. The lowest BCUT2D eigenvalue weighted by molar-refractivity contribution is -0.137. The third-order valence-electron chi connectivity index (χ3n) is 5.64. The SMILES string of the molecule is COc1cc(NC(=O)C(=O)NC(C)(C)Cc2ccc(NC(=O)Cc3ccsc3)cc2)ccc1-c1cnco1. The van der Waals surface area contributed by atoms with Crippen LogP contribution in [-0.4, -0.2) is 35.4 Å². The number of aromatic nitrogens is 1. The normalized spacial score (nSPS) is 11.0. The summed E-state index contributed by atoms with van der Waals surface area (Å²) in [6.45, 7) is 3.67. The quantitative estimate of drug-likeness (QED) is 0.269. The number of nitrogens with one attached hydrogen (secondary N) is 3. The van der Waals surface area contributed by atoms with Crippen LogP contribution in [0, 0.1) is 0 Å². The Morgan fingerprint density at radius 1 is 0.974 bits per heavy atom. The number of hydrogen-bond donors (Lipinski definition) is 3. The third-order valence-corrected chi connectivity index (χ3v) is 6.38. The van der Waals surface area contributed by atoms with Crippen molar-refractivity contribution in [2.24, 2.45) is 0 Å². The monoisotopic (exact) mass is 532 g/mol. The van der Waals surface area contributed by atoms with Crippen molar-refractivity contribution >= 4 is 40.4 Å². The van der Waals surface area contributed by atoms with Crippen LogP contribution in [0.15, 0.2) is 76.3 Å². The zero-order chi connectivity index (χ0) is 27.1. The molecule has 0 saturated carbocycles. The molecule has 9 nitrogen and oxygen atoms in total. The molecular weight excluding hydrogens is 504 g/mol. The maximum absolute atomic E-state index is 12.6. The van der Waals surface area contributed by atoms with E-state index < -0.39 is 17.4 Å². The number of hydrogen-bond acceptors (Lipinski definition) is 7. The van der Waals surface area contributed by atoms with E-state index in [1.54, 1.807) is 35.7 Å². The van der Waals surface area contributed by atoms with Gasteiger partial charge in [-0.25, -0.2) is 4.98 Å². The topological polar surface area (TPSA) is 123 Å². The molecule has 2 aromatic heterocycles.